The van der Waals surface area contributed by atoms with Gasteiger partial charge in [0.15, 0.2) is 0 Å². The van der Waals surface area contributed by atoms with Crippen molar-refractivity contribution in [1.29, 1.82) is 0 Å². The SMILES string of the molecule is CCN1CCC[C@H]1CNC(=O)c1cc2cc(S(=O)(=O)N(CC)CC)ccc2n1C. The van der Waals surface area contributed by atoms with Crippen molar-refractivity contribution in [1.82, 2.24) is 19.1 Å². The fourth-order valence-corrected chi connectivity index (χ4v) is 5.76. The largest absolute Gasteiger partial charge is 0.349 e. The topological polar surface area (TPSA) is 74.7 Å². The lowest BCUT2D eigenvalue weighted by molar-refractivity contribution is 0.0933. The lowest BCUT2D eigenvalue weighted by Crippen LogP contribution is -2.40. The summed E-state index contributed by atoms with van der Waals surface area (Å²) < 4.78 is 28.9. The Morgan fingerprint density at radius 2 is 1.93 bits per heavy atom. The average molecular weight is 421 g/mol. The molecule has 160 valence electrons. The third-order valence-electron chi connectivity index (χ3n) is 5.99. The summed E-state index contributed by atoms with van der Waals surface area (Å²) in [5, 5.41) is 3.81. The van der Waals surface area contributed by atoms with Crippen LogP contribution in [-0.4, -0.2) is 66.9 Å². The van der Waals surface area contributed by atoms with E-state index in [9.17, 15) is 13.2 Å². The molecule has 1 aromatic heterocycles. The zero-order valence-electron chi connectivity index (χ0n) is 17.8. The van der Waals surface area contributed by atoms with Gasteiger partial charge in [-0.25, -0.2) is 8.42 Å². The van der Waals surface area contributed by atoms with Crippen molar-refractivity contribution in [2.45, 2.75) is 44.6 Å². The summed E-state index contributed by atoms with van der Waals surface area (Å²) in [4.78, 5) is 15.4. The van der Waals surface area contributed by atoms with Crippen LogP contribution in [0.4, 0.5) is 0 Å². The van der Waals surface area contributed by atoms with Gasteiger partial charge in [-0.1, -0.05) is 20.8 Å². The second-order valence-electron chi connectivity index (χ2n) is 7.53. The minimum Gasteiger partial charge on any atom is -0.349 e. The molecule has 1 aliphatic heterocycles. The van der Waals surface area contributed by atoms with Crippen LogP contribution in [0.25, 0.3) is 10.9 Å². The van der Waals surface area contributed by atoms with Gasteiger partial charge in [-0.15, -0.1) is 0 Å². The van der Waals surface area contributed by atoms with E-state index in [-0.39, 0.29) is 10.8 Å². The Kier molecular flexibility index (Phi) is 6.65. The molecule has 0 saturated carbocycles. The number of likely N-dealkylation sites (N-methyl/N-ethyl adjacent to an activating group) is 1. The number of aryl methyl sites for hydroxylation is 1. The molecule has 1 N–H and O–H groups in total. The summed E-state index contributed by atoms with van der Waals surface area (Å²) in [6.07, 6.45) is 2.28. The number of sulfonamides is 1. The number of hydrogen-bond donors (Lipinski definition) is 1. The van der Waals surface area contributed by atoms with Gasteiger partial charge in [0, 0.05) is 43.6 Å². The van der Waals surface area contributed by atoms with Crippen LogP contribution in [0.15, 0.2) is 29.2 Å². The Morgan fingerprint density at radius 1 is 1.21 bits per heavy atom. The normalized spacial score (nSPS) is 18.0. The fraction of sp³-hybridized carbons (Fsp3) is 0.571. The molecular weight excluding hydrogens is 388 g/mol. The van der Waals surface area contributed by atoms with Crippen LogP contribution < -0.4 is 5.32 Å². The number of hydrogen-bond acceptors (Lipinski definition) is 4. The monoisotopic (exact) mass is 420 g/mol. The van der Waals surface area contributed by atoms with Gasteiger partial charge in [0.1, 0.15) is 5.69 Å². The first kappa shape index (κ1) is 21.8. The van der Waals surface area contributed by atoms with E-state index in [1.165, 1.54) is 10.7 Å². The second-order valence-corrected chi connectivity index (χ2v) is 9.47. The molecule has 1 amide bonds. The number of amides is 1. The van der Waals surface area contributed by atoms with E-state index in [4.69, 9.17) is 0 Å². The predicted molar refractivity (Wildman–Crippen MR) is 116 cm³/mol. The van der Waals surface area contributed by atoms with Crippen molar-refractivity contribution >= 4 is 26.8 Å². The molecule has 2 heterocycles. The summed E-state index contributed by atoms with van der Waals surface area (Å²) in [6, 6.07) is 7.23. The Labute approximate surface area is 173 Å². The minimum atomic E-state index is -3.53. The summed E-state index contributed by atoms with van der Waals surface area (Å²) in [7, 11) is -1.69. The second kappa shape index (κ2) is 8.85. The van der Waals surface area contributed by atoms with Crippen LogP contribution in [0.1, 0.15) is 44.1 Å². The van der Waals surface area contributed by atoms with Gasteiger partial charge < -0.3 is 9.88 Å². The Hall–Kier alpha value is -1.90. The van der Waals surface area contributed by atoms with Gasteiger partial charge in [0.05, 0.1) is 4.90 Å². The maximum Gasteiger partial charge on any atom is 0.267 e. The number of rotatable bonds is 8. The Morgan fingerprint density at radius 3 is 2.59 bits per heavy atom. The van der Waals surface area contributed by atoms with Gasteiger partial charge >= 0.3 is 0 Å². The van der Waals surface area contributed by atoms with Crippen molar-refractivity contribution in [2.75, 3.05) is 32.7 Å². The molecule has 2 aromatic rings. The first-order valence-electron chi connectivity index (χ1n) is 10.4. The van der Waals surface area contributed by atoms with Crippen LogP contribution >= 0.6 is 0 Å². The molecule has 8 heteroatoms. The molecule has 0 spiro atoms. The van der Waals surface area contributed by atoms with E-state index in [0.717, 1.165) is 30.4 Å². The van der Waals surface area contributed by atoms with E-state index in [0.29, 0.717) is 31.4 Å². The first-order valence-corrected chi connectivity index (χ1v) is 11.9. The molecule has 1 aliphatic rings. The van der Waals surface area contributed by atoms with Crippen molar-refractivity contribution in [2.24, 2.45) is 7.05 Å². The van der Waals surface area contributed by atoms with Crippen molar-refractivity contribution in [3.8, 4) is 0 Å². The van der Waals surface area contributed by atoms with Crippen LogP contribution in [0.2, 0.25) is 0 Å². The maximum atomic E-state index is 12.8. The lowest BCUT2D eigenvalue weighted by atomic mass is 10.2. The molecule has 1 atom stereocenters. The van der Waals surface area contributed by atoms with Crippen molar-refractivity contribution in [3.63, 3.8) is 0 Å². The molecule has 0 radical (unpaired) electrons. The molecular formula is C21H32N4O3S. The predicted octanol–water partition coefficient (Wildman–Crippen LogP) is 2.42. The summed E-state index contributed by atoms with van der Waals surface area (Å²) in [5.41, 5.74) is 1.38. The molecule has 1 aromatic carbocycles. The number of carbonyl (C=O) groups excluding carboxylic acids is 1. The number of aromatic nitrogens is 1. The third-order valence-corrected chi connectivity index (χ3v) is 8.04. The van der Waals surface area contributed by atoms with Gasteiger partial charge in [-0.2, -0.15) is 4.31 Å². The lowest BCUT2D eigenvalue weighted by Gasteiger charge is -2.22. The highest BCUT2D eigenvalue weighted by molar-refractivity contribution is 7.89. The maximum absolute atomic E-state index is 12.8. The smallest absolute Gasteiger partial charge is 0.267 e. The molecule has 7 nitrogen and oxygen atoms in total. The van der Waals surface area contributed by atoms with E-state index in [1.54, 1.807) is 24.3 Å². The number of nitrogens with one attached hydrogen (secondary N) is 1. The summed E-state index contributed by atoms with van der Waals surface area (Å²) >= 11 is 0. The van der Waals surface area contributed by atoms with Gasteiger partial charge in [-0.05, 0) is 50.2 Å². The molecule has 0 aliphatic carbocycles. The van der Waals surface area contributed by atoms with Crippen LogP contribution in [0.5, 0.6) is 0 Å². The number of fused-ring (bicyclic) bond motifs is 1. The minimum absolute atomic E-state index is 0.125. The molecule has 29 heavy (non-hydrogen) atoms. The van der Waals surface area contributed by atoms with Crippen molar-refractivity contribution in [3.05, 3.63) is 30.0 Å². The standard InChI is InChI=1S/C21H32N4O3S/c1-5-24-12-8-9-17(24)15-22-21(26)20-14-16-13-18(10-11-19(16)23(20)4)29(27,28)25(6-2)7-3/h10-11,13-14,17H,5-9,12,15H2,1-4H3,(H,22,26)/t17-/m0/s1. The average Bonchev–Trinajstić information content (AvgIpc) is 3.30. The zero-order chi connectivity index (χ0) is 21.2. The quantitative estimate of drug-likeness (QED) is 0.712. The summed E-state index contributed by atoms with van der Waals surface area (Å²) in [6.45, 7) is 9.38. The van der Waals surface area contributed by atoms with Gasteiger partial charge in [0.2, 0.25) is 10.0 Å². The molecule has 1 saturated heterocycles. The summed E-state index contributed by atoms with van der Waals surface area (Å²) in [5.74, 6) is -0.125. The molecule has 3 rings (SSSR count). The fourth-order valence-electron chi connectivity index (χ4n) is 4.26. The van der Waals surface area contributed by atoms with Gasteiger partial charge in [0.25, 0.3) is 5.91 Å². The highest BCUT2D eigenvalue weighted by Gasteiger charge is 2.25. The highest BCUT2D eigenvalue weighted by Crippen LogP contribution is 2.25. The number of benzene rings is 1. The Balaban J connectivity index is 1.83. The third kappa shape index (κ3) is 4.20. The molecule has 0 unspecified atom stereocenters. The van der Waals surface area contributed by atoms with E-state index < -0.39 is 10.0 Å². The molecule has 0 bridgehead atoms. The van der Waals surface area contributed by atoms with Gasteiger partial charge in [-0.3, -0.25) is 9.69 Å². The van der Waals surface area contributed by atoms with Crippen LogP contribution in [0.3, 0.4) is 0 Å². The number of likely N-dealkylation sites (tertiary alicyclic amines) is 1. The van der Waals surface area contributed by atoms with E-state index in [2.05, 4.69) is 17.1 Å². The van der Waals surface area contributed by atoms with Crippen LogP contribution in [-0.2, 0) is 17.1 Å². The van der Waals surface area contributed by atoms with E-state index in [1.807, 2.05) is 25.5 Å². The number of nitrogens with zero attached hydrogens (tertiary/aromatic N) is 3. The zero-order valence-corrected chi connectivity index (χ0v) is 18.6. The highest BCUT2D eigenvalue weighted by atomic mass is 32.2. The number of carbonyl (C=O) groups is 1. The Bertz CT molecular complexity index is 979. The molecule has 1 fully saturated rings. The first-order chi connectivity index (χ1) is 13.8. The van der Waals surface area contributed by atoms with E-state index >= 15 is 0 Å². The van der Waals surface area contributed by atoms with Crippen molar-refractivity contribution < 1.29 is 13.2 Å². The van der Waals surface area contributed by atoms with Crippen LogP contribution in [0, 0.1) is 0 Å².